The van der Waals surface area contributed by atoms with Crippen molar-refractivity contribution in [2.24, 2.45) is 0 Å². The smallest absolute Gasteiger partial charge is 0.290 e. The SMILES string of the molecule is Cc1cc(Sc2nnc(C(C)(C)C)n2N)ncc1[N+](=O)[O-]. The molecule has 0 unspecified atom stereocenters. The molecular formula is C12H16N6O2S. The van der Waals surface area contributed by atoms with Crippen molar-refractivity contribution in [3.63, 3.8) is 0 Å². The van der Waals surface area contributed by atoms with Gasteiger partial charge >= 0.3 is 0 Å². The molecule has 0 fully saturated rings. The second kappa shape index (κ2) is 5.32. The topological polar surface area (TPSA) is 113 Å². The summed E-state index contributed by atoms with van der Waals surface area (Å²) < 4.78 is 1.42. The van der Waals surface area contributed by atoms with Crippen LogP contribution in [0.4, 0.5) is 5.69 Å². The van der Waals surface area contributed by atoms with Gasteiger partial charge in [-0.05, 0) is 24.8 Å². The average molecular weight is 308 g/mol. The molecule has 112 valence electrons. The van der Waals surface area contributed by atoms with Crippen LogP contribution in [0.15, 0.2) is 22.4 Å². The molecule has 2 heterocycles. The van der Waals surface area contributed by atoms with Crippen molar-refractivity contribution in [1.82, 2.24) is 19.9 Å². The summed E-state index contributed by atoms with van der Waals surface area (Å²) >= 11 is 1.22. The first-order valence-corrected chi connectivity index (χ1v) is 7.01. The van der Waals surface area contributed by atoms with Crippen molar-refractivity contribution in [3.8, 4) is 0 Å². The van der Waals surface area contributed by atoms with E-state index in [1.54, 1.807) is 13.0 Å². The summed E-state index contributed by atoms with van der Waals surface area (Å²) in [7, 11) is 0. The normalized spacial score (nSPS) is 11.6. The fourth-order valence-corrected chi connectivity index (χ4v) is 2.52. The third-order valence-corrected chi connectivity index (χ3v) is 3.68. The number of nitrogens with two attached hydrogens (primary N) is 1. The number of nitrogens with zero attached hydrogens (tertiary/aromatic N) is 5. The summed E-state index contributed by atoms with van der Waals surface area (Å²) in [5.74, 6) is 6.64. The zero-order valence-electron chi connectivity index (χ0n) is 12.2. The van der Waals surface area contributed by atoms with Crippen LogP contribution in [0.5, 0.6) is 0 Å². The standard InChI is InChI=1S/C12H16N6O2S/c1-7-5-9(14-6-8(7)18(19)20)21-11-16-15-10(17(11)13)12(2,3)4/h5-6H,13H2,1-4H3. The molecule has 0 saturated carbocycles. The first-order chi connectivity index (χ1) is 9.70. The molecule has 0 aliphatic carbocycles. The molecule has 8 nitrogen and oxygen atoms in total. The minimum absolute atomic E-state index is 0.0102. The third kappa shape index (κ3) is 3.13. The van der Waals surface area contributed by atoms with E-state index < -0.39 is 4.92 Å². The van der Waals surface area contributed by atoms with Crippen LogP contribution in [0.2, 0.25) is 0 Å². The van der Waals surface area contributed by atoms with Crippen molar-refractivity contribution in [1.29, 1.82) is 0 Å². The predicted octanol–water partition coefficient (Wildman–Crippen LogP) is 2.05. The molecule has 2 rings (SSSR count). The van der Waals surface area contributed by atoms with Gasteiger partial charge in [-0.15, -0.1) is 10.2 Å². The van der Waals surface area contributed by atoms with Crippen LogP contribution < -0.4 is 5.84 Å². The summed E-state index contributed by atoms with van der Waals surface area (Å²) in [5, 5.41) is 20.0. The number of nitro groups is 1. The van der Waals surface area contributed by atoms with Crippen LogP contribution in [0.25, 0.3) is 0 Å². The minimum Gasteiger partial charge on any atom is -0.336 e. The zero-order chi connectivity index (χ0) is 15.8. The van der Waals surface area contributed by atoms with Crippen LogP contribution in [-0.4, -0.2) is 24.8 Å². The molecule has 0 aliphatic heterocycles. The molecule has 9 heteroatoms. The predicted molar refractivity (Wildman–Crippen MR) is 78.6 cm³/mol. The molecular weight excluding hydrogens is 292 g/mol. The molecule has 0 atom stereocenters. The van der Waals surface area contributed by atoms with E-state index in [1.807, 2.05) is 20.8 Å². The van der Waals surface area contributed by atoms with Gasteiger partial charge in [0.2, 0.25) is 5.16 Å². The zero-order valence-corrected chi connectivity index (χ0v) is 13.0. The summed E-state index contributed by atoms with van der Waals surface area (Å²) in [6.07, 6.45) is 1.24. The van der Waals surface area contributed by atoms with Gasteiger partial charge < -0.3 is 5.84 Å². The van der Waals surface area contributed by atoms with Gasteiger partial charge in [-0.3, -0.25) is 10.1 Å². The molecule has 21 heavy (non-hydrogen) atoms. The summed E-state index contributed by atoms with van der Waals surface area (Å²) in [6.45, 7) is 7.63. The number of aryl methyl sites for hydroxylation is 1. The lowest BCUT2D eigenvalue weighted by Gasteiger charge is -2.16. The Morgan fingerprint density at radius 3 is 2.52 bits per heavy atom. The van der Waals surface area contributed by atoms with Gasteiger partial charge in [0.15, 0.2) is 5.82 Å². The molecule has 0 bridgehead atoms. The first-order valence-electron chi connectivity index (χ1n) is 6.20. The van der Waals surface area contributed by atoms with Gasteiger partial charge in [-0.2, -0.15) is 0 Å². The fraction of sp³-hybridized carbons (Fsp3) is 0.417. The Bertz CT molecular complexity index is 692. The Morgan fingerprint density at radius 1 is 1.38 bits per heavy atom. The van der Waals surface area contributed by atoms with Gasteiger partial charge in [-0.25, -0.2) is 9.66 Å². The molecule has 2 N–H and O–H groups in total. The van der Waals surface area contributed by atoms with Crippen molar-refractivity contribution in [2.75, 3.05) is 5.84 Å². The Morgan fingerprint density at radius 2 is 2.05 bits per heavy atom. The number of hydrogen-bond acceptors (Lipinski definition) is 7. The lowest BCUT2D eigenvalue weighted by Crippen LogP contribution is -2.24. The highest BCUT2D eigenvalue weighted by molar-refractivity contribution is 7.99. The van der Waals surface area contributed by atoms with Gasteiger partial charge in [0, 0.05) is 11.0 Å². The molecule has 0 amide bonds. The van der Waals surface area contributed by atoms with E-state index in [-0.39, 0.29) is 11.1 Å². The molecule has 0 saturated heterocycles. The van der Waals surface area contributed by atoms with Crippen molar-refractivity contribution >= 4 is 17.4 Å². The van der Waals surface area contributed by atoms with E-state index in [0.717, 1.165) is 0 Å². The Balaban J connectivity index is 2.29. The number of aromatic nitrogens is 4. The second-order valence-corrected chi connectivity index (χ2v) is 6.58. The second-order valence-electron chi connectivity index (χ2n) is 5.59. The molecule has 2 aromatic heterocycles. The van der Waals surface area contributed by atoms with Crippen molar-refractivity contribution < 1.29 is 4.92 Å². The van der Waals surface area contributed by atoms with Gasteiger partial charge in [0.05, 0.1) is 4.92 Å². The highest BCUT2D eigenvalue weighted by Gasteiger charge is 2.23. The maximum atomic E-state index is 10.8. The van der Waals surface area contributed by atoms with Gasteiger partial charge in [0.25, 0.3) is 5.69 Å². The molecule has 0 aromatic carbocycles. The van der Waals surface area contributed by atoms with E-state index in [2.05, 4.69) is 15.2 Å². The minimum atomic E-state index is -0.458. The number of rotatable bonds is 3. The summed E-state index contributed by atoms with van der Waals surface area (Å²) in [6, 6.07) is 1.63. The maximum Gasteiger partial charge on any atom is 0.290 e. The maximum absolute atomic E-state index is 10.8. The molecule has 0 aliphatic rings. The lowest BCUT2D eigenvalue weighted by atomic mass is 9.96. The van der Waals surface area contributed by atoms with E-state index in [4.69, 9.17) is 5.84 Å². The lowest BCUT2D eigenvalue weighted by molar-refractivity contribution is -0.385. The highest BCUT2D eigenvalue weighted by Crippen LogP contribution is 2.29. The molecule has 2 aromatic rings. The molecule has 0 spiro atoms. The van der Waals surface area contributed by atoms with Crippen molar-refractivity contribution in [3.05, 3.63) is 33.8 Å². The van der Waals surface area contributed by atoms with Gasteiger partial charge in [0.1, 0.15) is 11.2 Å². The van der Waals surface area contributed by atoms with Gasteiger partial charge in [-0.1, -0.05) is 20.8 Å². The average Bonchev–Trinajstić information content (AvgIpc) is 2.70. The fourth-order valence-electron chi connectivity index (χ4n) is 1.72. The first kappa shape index (κ1) is 15.2. The van der Waals surface area contributed by atoms with Crippen LogP contribution in [0, 0.1) is 17.0 Å². The Kier molecular flexibility index (Phi) is 3.86. The van der Waals surface area contributed by atoms with E-state index in [0.29, 0.717) is 21.6 Å². The number of pyridine rings is 1. The monoisotopic (exact) mass is 308 g/mol. The largest absolute Gasteiger partial charge is 0.336 e. The number of nitrogen functional groups attached to an aromatic ring is 1. The summed E-state index contributed by atoms with van der Waals surface area (Å²) in [5.41, 5.74) is 0.305. The van der Waals surface area contributed by atoms with E-state index >= 15 is 0 Å². The summed E-state index contributed by atoms with van der Waals surface area (Å²) in [4.78, 5) is 14.4. The Hall–Kier alpha value is -2.16. The van der Waals surface area contributed by atoms with E-state index in [1.165, 1.54) is 22.6 Å². The van der Waals surface area contributed by atoms with Crippen LogP contribution >= 0.6 is 11.8 Å². The van der Waals surface area contributed by atoms with Crippen molar-refractivity contribution in [2.45, 2.75) is 43.3 Å². The van der Waals surface area contributed by atoms with Crippen LogP contribution in [-0.2, 0) is 5.41 Å². The Labute approximate surface area is 125 Å². The van der Waals surface area contributed by atoms with Crippen LogP contribution in [0.1, 0.15) is 32.2 Å². The van der Waals surface area contributed by atoms with Crippen LogP contribution in [0.3, 0.4) is 0 Å². The van der Waals surface area contributed by atoms with E-state index in [9.17, 15) is 10.1 Å². The quantitative estimate of drug-likeness (QED) is 0.524. The highest BCUT2D eigenvalue weighted by atomic mass is 32.2. The number of hydrogen-bond donors (Lipinski definition) is 1. The molecule has 0 radical (unpaired) electrons. The third-order valence-electron chi connectivity index (χ3n) is 2.79.